The fourth-order valence-electron chi connectivity index (χ4n) is 1.62. The van der Waals surface area contributed by atoms with Crippen molar-refractivity contribution in [3.63, 3.8) is 0 Å². The van der Waals surface area contributed by atoms with E-state index in [-0.39, 0.29) is 11.3 Å². The first-order valence-corrected chi connectivity index (χ1v) is 5.70. The van der Waals surface area contributed by atoms with Crippen molar-refractivity contribution >= 4 is 17.6 Å². The SMILES string of the molecule is Cc1cc([N+](=O)[O-])ccc1C(=O)NC(C(=O)O)C(C)O. The number of nitrogens with one attached hydrogen (secondary N) is 1. The molecule has 0 heterocycles. The molecule has 8 nitrogen and oxygen atoms in total. The quantitative estimate of drug-likeness (QED) is 0.531. The second-order valence-corrected chi connectivity index (χ2v) is 4.29. The molecule has 3 N–H and O–H groups in total. The molecule has 2 unspecified atom stereocenters. The van der Waals surface area contributed by atoms with Crippen molar-refractivity contribution in [3.05, 3.63) is 39.4 Å². The van der Waals surface area contributed by atoms with E-state index >= 15 is 0 Å². The van der Waals surface area contributed by atoms with Crippen molar-refractivity contribution in [1.82, 2.24) is 5.32 Å². The lowest BCUT2D eigenvalue weighted by Gasteiger charge is -2.17. The van der Waals surface area contributed by atoms with Gasteiger partial charge >= 0.3 is 5.97 Å². The molecule has 0 radical (unpaired) electrons. The van der Waals surface area contributed by atoms with Crippen LogP contribution in [0.4, 0.5) is 5.69 Å². The Hall–Kier alpha value is -2.48. The Morgan fingerprint density at radius 3 is 2.40 bits per heavy atom. The molecule has 0 saturated heterocycles. The number of nitro groups is 1. The van der Waals surface area contributed by atoms with Gasteiger partial charge in [0.1, 0.15) is 0 Å². The van der Waals surface area contributed by atoms with Crippen LogP contribution in [0.3, 0.4) is 0 Å². The number of amides is 1. The molecule has 0 bridgehead atoms. The van der Waals surface area contributed by atoms with Gasteiger partial charge in [0.25, 0.3) is 11.6 Å². The largest absolute Gasteiger partial charge is 0.480 e. The second kappa shape index (κ2) is 6.11. The van der Waals surface area contributed by atoms with Crippen LogP contribution in [-0.2, 0) is 4.79 Å². The van der Waals surface area contributed by atoms with E-state index in [2.05, 4.69) is 5.32 Å². The third kappa shape index (κ3) is 3.51. The normalized spacial score (nSPS) is 13.3. The molecule has 1 aromatic carbocycles. The summed E-state index contributed by atoms with van der Waals surface area (Å²) in [7, 11) is 0. The molecule has 108 valence electrons. The Kier molecular flexibility index (Phi) is 4.76. The Balaban J connectivity index is 2.98. The van der Waals surface area contributed by atoms with Gasteiger partial charge in [-0.25, -0.2) is 4.79 Å². The maximum absolute atomic E-state index is 11.9. The first kappa shape index (κ1) is 15.6. The number of aryl methyl sites for hydroxylation is 1. The number of aliphatic hydroxyl groups excluding tert-OH is 1. The van der Waals surface area contributed by atoms with Crippen molar-refractivity contribution in [2.45, 2.75) is 26.0 Å². The molecule has 0 aliphatic rings. The zero-order valence-electron chi connectivity index (χ0n) is 10.9. The van der Waals surface area contributed by atoms with Crippen molar-refractivity contribution < 1.29 is 24.7 Å². The van der Waals surface area contributed by atoms with E-state index < -0.39 is 28.9 Å². The van der Waals surface area contributed by atoms with Gasteiger partial charge in [-0.2, -0.15) is 0 Å². The minimum atomic E-state index is -1.45. The zero-order valence-corrected chi connectivity index (χ0v) is 10.9. The lowest BCUT2D eigenvalue weighted by atomic mass is 10.1. The highest BCUT2D eigenvalue weighted by Crippen LogP contribution is 2.17. The number of aliphatic carboxylic acids is 1. The van der Waals surface area contributed by atoms with Gasteiger partial charge in [-0.1, -0.05) is 0 Å². The van der Waals surface area contributed by atoms with Crippen molar-refractivity contribution in [2.24, 2.45) is 0 Å². The number of rotatable bonds is 5. The molecule has 0 aliphatic heterocycles. The highest BCUT2D eigenvalue weighted by atomic mass is 16.6. The summed E-state index contributed by atoms with van der Waals surface area (Å²) in [5.74, 6) is -2.08. The van der Waals surface area contributed by atoms with Crippen molar-refractivity contribution in [1.29, 1.82) is 0 Å². The molecule has 2 atom stereocenters. The number of nitrogens with zero attached hydrogens (tertiary/aromatic N) is 1. The second-order valence-electron chi connectivity index (χ2n) is 4.29. The summed E-state index contributed by atoms with van der Waals surface area (Å²) in [6, 6.07) is 2.16. The lowest BCUT2D eigenvalue weighted by Crippen LogP contribution is -2.47. The number of aliphatic hydroxyl groups is 1. The van der Waals surface area contributed by atoms with E-state index in [1.807, 2.05) is 0 Å². The summed E-state index contributed by atoms with van der Waals surface area (Å²) >= 11 is 0. The highest BCUT2D eigenvalue weighted by molar-refractivity contribution is 5.98. The number of hydrogen-bond acceptors (Lipinski definition) is 5. The standard InChI is InChI=1S/C12H14N2O6/c1-6-5-8(14(19)20)3-4-9(6)11(16)13-10(7(2)15)12(17)18/h3-5,7,10,15H,1-2H3,(H,13,16)(H,17,18). The number of hydrogen-bond donors (Lipinski definition) is 3. The fraction of sp³-hybridized carbons (Fsp3) is 0.333. The Morgan fingerprint density at radius 2 is 2.00 bits per heavy atom. The van der Waals surface area contributed by atoms with E-state index in [0.717, 1.165) is 6.07 Å². The number of carbonyl (C=O) groups excluding carboxylic acids is 1. The van der Waals surface area contributed by atoms with Gasteiger partial charge < -0.3 is 15.5 Å². The third-order valence-corrected chi connectivity index (χ3v) is 2.70. The van der Waals surface area contributed by atoms with Crippen LogP contribution in [0.5, 0.6) is 0 Å². The third-order valence-electron chi connectivity index (χ3n) is 2.70. The summed E-state index contributed by atoms with van der Waals surface area (Å²) in [6.07, 6.45) is -1.27. The van der Waals surface area contributed by atoms with Crippen LogP contribution in [0, 0.1) is 17.0 Å². The number of non-ortho nitro benzene ring substituents is 1. The molecular formula is C12H14N2O6. The molecule has 20 heavy (non-hydrogen) atoms. The molecule has 8 heteroatoms. The van der Waals surface area contributed by atoms with Crippen LogP contribution in [0.25, 0.3) is 0 Å². The molecule has 0 saturated carbocycles. The molecular weight excluding hydrogens is 268 g/mol. The topological polar surface area (TPSA) is 130 Å². The predicted molar refractivity (Wildman–Crippen MR) is 68.4 cm³/mol. The van der Waals surface area contributed by atoms with E-state index in [1.54, 1.807) is 0 Å². The first-order chi connectivity index (χ1) is 9.23. The molecule has 0 aliphatic carbocycles. The summed E-state index contributed by atoms with van der Waals surface area (Å²) in [5.41, 5.74) is 0.290. The minimum Gasteiger partial charge on any atom is -0.480 e. The number of carbonyl (C=O) groups is 2. The van der Waals surface area contributed by atoms with Crippen LogP contribution in [0.1, 0.15) is 22.8 Å². The average Bonchev–Trinajstić information content (AvgIpc) is 2.34. The first-order valence-electron chi connectivity index (χ1n) is 5.70. The van der Waals surface area contributed by atoms with Gasteiger partial charge in [-0.05, 0) is 25.5 Å². The zero-order chi connectivity index (χ0) is 15.4. The van der Waals surface area contributed by atoms with Gasteiger partial charge in [-0.15, -0.1) is 0 Å². The molecule has 0 fully saturated rings. The molecule has 0 aromatic heterocycles. The number of benzene rings is 1. The predicted octanol–water partition coefficient (Wildman–Crippen LogP) is 0.467. The molecule has 1 rings (SSSR count). The van der Waals surface area contributed by atoms with Gasteiger partial charge in [0, 0.05) is 17.7 Å². The lowest BCUT2D eigenvalue weighted by molar-refractivity contribution is -0.384. The van der Waals surface area contributed by atoms with Crippen LogP contribution in [0.2, 0.25) is 0 Å². The Labute approximate surface area is 114 Å². The molecule has 1 aromatic rings. The average molecular weight is 282 g/mol. The highest BCUT2D eigenvalue weighted by Gasteiger charge is 2.26. The Morgan fingerprint density at radius 1 is 1.40 bits per heavy atom. The summed E-state index contributed by atoms with van der Waals surface area (Å²) in [5, 5.41) is 30.9. The van der Waals surface area contributed by atoms with Crippen molar-refractivity contribution in [2.75, 3.05) is 0 Å². The molecule has 1 amide bonds. The fourth-order valence-corrected chi connectivity index (χ4v) is 1.62. The maximum Gasteiger partial charge on any atom is 0.328 e. The van der Waals surface area contributed by atoms with Gasteiger partial charge in [0.2, 0.25) is 0 Å². The number of nitro benzene ring substituents is 1. The number of carboxylic acids is 1. The Bertz CT molecular complexity index is 555. The summed E-state index contributed by atoms with van der Waals surface area (Å²) in [6.45, 7) is 2.74. The van der Waals surface area contributed by atoms with E-state index in [9.17, 15) is 24.8 Å². The maximum atomic E-state index is 11.9. The minimum absolute atomic E-state index is 0.113. The summed E-state index contributed by atoms with van der Waals surface area (Å²) < 4.78 is 0. The van der Waals surface area contributed by atoms with E-state index in [1.165, 1.54) is 26.0 Å². The smallest absolute Gasteiger partial charge is 0.328 e. The van der Waals surface area contributed by atoms with Gasteiger partial charge in [-0.3, -0.25) is 14.9 Å². The van der Waals surface area contributed by atoms with E-state index in [0.29, 0.717) is 5.56 Å². The summed E-state index contributed by atoms with van der Waals surface area (Å²) in [4.78, 5) is 32.8. The molecule has 0 spiro atoms. The number of carboxylic acid groups (broad SMARTS) is 1. The van der Waals surface area contributed by atoms with Crippen molar-refractivity contribution in [3.8, 4) is 0 Å². The van der Waals surface area contributed by atoms with Crippen LogP contribution >= 0.6 is 0 Å². The van der Waals surface area contributed by atoms with Crippen LogP contribution < -0.4 is 5.32 Å². The monoisotopic (exact) mass is 282 g/mol. The van der Waals surface area contributed by atoms with E-state index in [4.69, 9.17) is 5.11 Å². The van der Waals surface area contributed by atoms with Gasteiger partial charge in [0.15, 0.2) is 6.04 Å². The van der Waals surface area contributed by atoms with Gasteiger partial charge in [0.05, 0.1) is 11.0 Å². The van der Waals surface area contributed by atoms with Crippen LogP contribution in [0.15, 0.2) is 18.2 Å². The van der Waals surface area contributed by atoms with Crippen LogP contribution in [-0.4, -0.2) is 39.2 Å².